The second-order valence-corrected chi connectivity index (χ2v) is 10.9. The first-order chi connectivity index (χ1) is 21.4. The molecule has 0 bridgehead atoms. The third-order valence-electron chi connectivity index (χ3n) is 8.06. The lowest BCUT2D eigenvalue weighted by molar-refractivity contribution is 0.293. The van der Waals surface area contributed by atoms with E-state index in [9.17, 15) is 14.3 Å². The molecule has 5 heterocycles. The Hall–Kier alpha value is -5.13. The van der Waals surface area contributed by atoms with E-state index in [1.54, 1.807) is 23.1 Å². The zero-order chi connectivity index (χ0) is 30.4. The van der Waals surface area contributed by atoms with E-state index in [4.69, 9.17) is 15.2 Å². The van der Waals surface area contributed by atoms with Crippen LogP contribution in [-0.2, 0) is 6.54 Å². The van der Waals surface area contributed by atoms with E-state index in [2.05, 4.69) is 25.9 Å². The molecule has 45 heavy (non-hydrogen) atoms. The number of hydrogen-bond donors (Lipinski definition) is 2. The standard InChI is InChI=1S/C33H28FN7O3.ClH/c1-19(41-32-28(31(35)37-18-38-32)29(39-41)22-14-23(34)16-24(42)15-22)30-27(25-4-2-3-5-26(25)33(43)44-30)21-8-12-40(13-9-21)17-20-6-10-36-11-7-20;/h2-8,10-11,14-16,18-19,42H,9,12-13,17H2,1H3,(H2,35,37,38);1H. The normalized spacial score (nSPS) is 14.3. The van der Waals surface area contributed by atoms with Gasteiger partial charge in [0, 0.05) is 49.2 Å². The van der Waals surface area contributed by atoms with Crippen LogP contribution in [-0.4, -0.2) is 47.8 Å². The highest BCUT2D eigenvalue weighted by Gasteiger charge is 2.28. The summed E-state index contributed by atoms with van der Waals surface area (Å²) < 4.78 is 22.0. The first-order valence-electron chi connectivity index (χ1n) is 14.2. The van der Waals surface area contributed by atoms with Crippen LogP contribution in [0, 0.1) is 5.82 Å². The van der Waals surface area contributed by atoms with E-state index >= 15 is 0 Å². The van der Waals surface area contributed by atoms with Crippen molar-refractivity contribution in [1.82, 2.24) is 29.6 Å². The van der Waals surface area contributed by atoms with Crippen molar-refractivity contribution in [1.29, 1.82) is 0 Å². The van der Waals surface area contributed by atoms with Gasteiger partial charge in [0.1, 0.15) is 41.2 Å². The van der Waals surface area contributed by atoms with Crippen LogP contribution in [0.5, 0.6) is 5.75 Å². The molecule has 10 nitrogen and oxygen atoms in total. The maximum Gasteiger partial charge on any atom is 0.343 e. The number of nitrogen functional groups attached to an aromatic ring is 1. The average Bonchev–Trinajstić information content (AvgIpc) is 3.42. The highest BCUT2D eigenvalue weighted by Crippen LogP contribution is 2.38. The van der Waals surface area contributed by atoms with Crippen LogP contribution < -0.4 is 11.4 Å². The van der Waals surface area contributed by atoms with Crippen molar-refractivity contribution in [2.75, 3.05) is 18.8 Å². The largest absolute Gasteiger partial charge is 0.508 e. The molecule has 228 valence electrons. The van der Waals surface area contributed by atoms with E-state index < -0.39 is 17.5 Å². The summed E-state index contributed by atoms with van der Waals surface area (Å²) in [6.45, 7) is 4.21. The van der Waals surface area contributed by atoms with Gasteiger partial charge in [0.05, 0.1) is 10.8 Å². The molecule has 1 unspecified atom stereocenters. The lowest BCUT2D eigenvalue weighted by Crippen LogP contribution is -2.28. The van der Waals surface area contributed by atoms with Crippen LogP contribution in [0.4, 0.5) is 10.2 Å². The number of fused-ring (bicyclic) bond motifs is 2. The summed E-state index contributed by atoms with van der Waals surface area (Å²) in [5.74, 6) is -0.304. The first kappa shape index (κ1) is 29.9. The summed E-state index contributed by atoms with van der Waals surface area (Å²) in [5.41, 5.74) is 9.92. The fourth-order valence-corrected chi connectivity index (χ4v) is 5.96. The van der Waals surface area contributed by atoms with Gasteiger partial charge < -0.3 is 15.3 Å². The van der Waals surface area contributed by atoms with Crippen LogP contribution in [0.25, 0.3) is 38.6 Å². The van der Waals surface area contributed by atoms with Crippen molar-refractivity contribution in [3.8, 4) is 17.0 Å². The van der Waals surface area contributed by atoms with Gasteiger partial charge in [0.25, 0.3) is 0 Å². The van der Waals surface area contributed by atoms with Crippen LogP contribution in [0.2, 0.25) is 0 Å². The lowest BCUT2D eigenvalue weighted by atomic mass is 9.92. The zero-order valence-electron chi connectivity index (χ0n) is 24.2. The van der Waals surface area contributed by atoms with Gasteiger partial charge in [-0.3, -0.25) is 9.88 Å². The Kier molecular flexibility index (Phi) is 8.05. The molecule has 1 atom stereocenters. The predicted octanol–water partition coefficient (Wildman–Crippen LogP) is 5.74. The summed E-state index contributed by atoms with van der Waals surface area (Å²) in [4.78, 5) is 28.4. The Bertz CT molecular complexity index is 2110. The van der Waals surface area contributed by atoms with Crippen molar-refractivity contribution in [3.63, 3.8) is 0 Å². The molecule has 0 saturated carbocycles. The molecule has 0 saturated heterocycles. The molecule has 0 aliphatic carbocycles. The number of phenols is 1. The molecule has 0 amide bonds. The smallest absolute Gasteiger partial charge is 0.343 e. The monoisotopic (exact) mass is 625 g/mol. The third kappa shape index (κ3) is 5.52. The second kappa shape index (κ2) is 12.1. The maximum atomic E-state index is 14.3. The summed E-state index contributed by atoms with van der Waals surface area (Å²) in [7, 11) is 0. The lowest BCUT2D eigenvalue weighted by Gasteiger charge is -2.28. The average molecular weight is 626 g/mol. The number of hydrogen-bond acceptors (Lipinski definition) is 9. The summed E-state index contributed by atoms with van der Waals surface area (Å²) in [6.07, 6.45) is 7.85. The van der Waals surface area contributed by atoms with Crippen molar-refractivity contribution >= 4 is 45.6 Å². The topological polar surface area (TPSA) is 136 Å². The molecular weight excluding hydrogens is 597 g/mol. The van der Waals surface area contributed by atoms with Gasteiger partial charge in [-0.25, -0.2) is 23.8 Å². The summed E-state index contributed by atoms with van der Waals surface area (Å²) in [5, 5.41) is 16.6. The quantitative estimate of drug-likeness (QED) is 0.237. The van der Waals surface area contributed by atoms with Crippen LogP contribution in [0.15, 0.2) is 88.6 Å². The van der Waals surface area contributed by atoms with E-state index in [-0.39, 0.29) is 24.0 Å². The molecule has 4 aromatic heterocycles. The van der Waals surface area contributed by atoms with Gasteiger partial charge in [-0.15, -0.1) is 12.4 Å². The third-order valence-corrected chi connectivity index (χ3v) is 8.06. The molecule has 6 aromatic rings. The van der Waals surface area contributed by atoms with Crippen LogP contribution in [0.3, 0.4) is 0 Å². The molecule has 2 aromatic carbocycles. The molecule has 7 rings (SSSR count). The number of anilines is 1. The Morgan fingerprint density at radius 2 is 1.87 bits per heavy atom. The van der Waals surface area contributed by atoms with Crippen molar-refractivity contribution in [3.05, 3.63) is 113 Å². The van der Waals surface area contributed by atoms with Crippen molar-refractivity contribution in [2.45, 2.75) is 25.9 Å². The van der Waals surface area contributed by atoms with Crippen LogP contribution in [0.1, 0.15) is 36.3 Å². The van der Waals surface area contributed by atoms with Gasteiger partial charge in [-0.2, -0.15) is 5.10 Å². The molecule has 1 aliphatic rings. The van der Waals surface area contributed by atoms with E-state index in [1.807, 2.05) is 37.3 Å². The fourth-order valence-electron chi connectivity index (χ4n) is 5.96. The van der Waals surface area contributed by atoms with E-state index in [0.717, 1.165) is 48.6 Å². The predicted molar refractivity (Wildman–Crippen MR) is 172 cm³/mol. The minimum absolute atomic E-state index is 0. The highest BCUT2D eigenvalue weighted by molar-refractivity contribution is 5.99. The van der Waals surface area contributed by atoms with Gasteiger partial charge in [-0.1, -0.05) is 24.3 Å². The molecule has 3 N–H and O–H groups in total. The van der Waals surface area contributed by atoms with Gasteiger partial charge in [0.2, 0.25) is 0 Å². The first-order valence-corrected chi connectivity index (χ1v) is 14.2. The zero-order valence-corrected chi connectivity index (χ0v) is 25.0. The molecule has 0 spiro atoms. The number of pyridine rings is 1. The Morgan fingerprint density at radius 3 is 2.60 bits per heavy atom. The van der Waals surface area contributed by atoms with Crippen LogP contribution >= 0.6 is 12.4 Å². The van der Waals surface area contributed by atoms with E-state index in [1.165, 1.54) is 24.0 Å². The number of rotatable bonds is 6. The van der Waals surface area contributed by atoms with Crippen molar-refractivity contribution < 1.29 is 13.9 Å². The number of aromatic hydroxyl groups is 1. The Morgan fingerprint density at radius 1 is 1.09 bits per heavy atom. The maximum absolute atomic E-state index is 14.3. The Labute approximate surface area is 263 Å². The number of aromatic nitrogens is 5. The van der Waals surface area contributed by atoms with Gasteiger partial charge in [0.15, 0.2) is 5.65 Å². The number of halogens is 2. The minimum atomic E-state index is -0.629. The highest BCUT2D eigenvalue weighted by atomic mass is 35.5. The number of nitrogens with zero attached hydrogens (tertiary/aromatic N) is 6. The molecule has 12 heteroatoms. The van der Waals surface area contributed by atoms with Gasteiger partial charge >= 0.3 is 5.63 Å². The molecule has 0 fully saturated rings. The fraction of sp³-hybridized carbons (Fsp3) is 0.182. The number of nitrogens with two attached hydrogens (primary N) is 1. The molecule has 0 radical (unpaired) electrons. The van der Waals surface area contributed by atoms with Gasteiger partial charge in [-0.05, 0) is 60.2 Å². The summed E-state index contributed by atoms with van der Waals surface area (Å²) in [6, 6.07) is 14.5. The van der Waals surface area contributed by atoms with Crippen molar-refractivity contribution in [2.24, 2.45) is 0 Å². The number of phenolic OH excluding ortho intramolecular Hbond substituents is 1. The SMILES string of the molecule is CC(c1oc(=O)c2ccccc2c1C1=CCN(Cc2ccncc2)CC1)n1nc(-c2cc(O)cc(F)c2)c2c(N)ncnc21.Cl. The van der Waals surface area contributed by atoms with E-state index in [0.29, 0.717) is 33.4 Å². The molecule has 1 aliphatic heterocycles. The second-order valence-electron chi connectivity index (χ2n) is 10.9. The Balaban J connectivity index is 0.00000357. The number of benzene rings is 2. The molecular formula is C33H29ClFN7O3. The minimum Gasteiger partial charge on any atom is -0.508 e. The summed E-state index contributed by atoms with van der Waals surface area (Å²) >= 11 is 0.